The van der Waals surface area contributed by atoms with Crippen molar-refractivity contribution in [2.24, 2.45) is 5.73 Å². The highest BCUT2D eigenvalue weighted by Crippen LogP contribution is 2.37. The maximum atomic E-state index is 11.3. The summed E-state index contributed by atoms with van der Waals surface area (Å²) in [6, 6.07) is 6.80. The number of nitrogens with zero attached hydrogens (tertiary/aromatic N) is 4. The standard InChI is InChI=1S/C18H17N5O5S2/c19-15(24)3-4-22-17(14-2-1-5-29-14)20-21-18(22)30-9-12-7-13(23(25)26)6-11-8-27-10-28-16(11)12/h1-2,5-7H,3-4,8-10H2,(H2,19,24). The molecule has 1 aromatic carbocycles. The van der Waals surface area contributed by atoms with Gasteiger partial charge in [0.2, 0.25) is 5.91 Å². The maximum absolute atomic E-state index is 11.3. The molecule has 0 saturated heterocycles. The van der Waals surface area contributed by atoms with E-state index in [0.717, 1.165) is 4.88 Å². The van der Waals surface area contributed by atoms with Crippen molar-refractivity contribution in [1.29, 1.82) is 0 Å². The minimum absolute atomic E-state index is 0.0204. The lowest BCUT2D eigenvalue weighted by molar-refractivity contribution is -0.385. The van der Waals surface area contributed by atoms with Crippen molar-refractivity contribution in [3.8, 4) is 16.5 Å². The van der Waals surface area contributed by atoms with E-state index in [-0.39, 0.29) is 25.5 Å². The summed E-state index contributed by atoms with van der Waals surface area (Å²) in [5.41, 5.74) is 6.62. The number of nitro benzene ring substituents is 1. The van der Waals surface area contributed by atoms with E-state index in [9.17, 15) is 14.9 Å². The minimum Gasteiger partial charge on any atom is -0.467 e. The van der Waals surface area contributed by atoms with Crippen molar-refractivity contribution in [2.45, 2.75) is 30.5 Å². The van der Waals surface area contributed by atoms with Crippen LogP contribution in [0.2, 0.25) is 0 Å². The fraction of sp³-hybridized carbons (Fsp3) is 0.278. The topological polar surface area (TPSA) is 135 Å². The number of nitrogens with two attached hydrogens (primary N) is 1. The molecule has 0 saturated carbocycles. The van der Waals surface area contributed by atoms with Gasteiger partial charge in [-0.3, -0.25) is 14.9 Å². The number of benzene rings is 1. The Morgan fingerprint density at radius 1 is 1.40 bits per heavy atom. The quantitative estimate of drug-likeness (QED) is 0.316. The third kappa shape index (κ3) is 4.30. The number of thiophene rings is 1. The van der Waals surface area contributed by atoms with Crippen LogP contribution in [0.3, 0.4) is 0 Å². The van der Waals surface area contributed by atoms with E-state index < -0.39 is 10.8 Å². The number of non-ortho nitro benzene ring substituents is 1. The third-order valence-corrected chi connectivity index (χ3v) is 6.26. The van der Waals surface area contributed by atoms with Gasteiger partial charge in [-0.25, -0.2) is 0 Å². The molecule has 0 bridgehead atoms. The van der Waals surface area contributed by atoms with Gasteiger partial charge in [0.1, 0.15) is 5.75 Å². The van der Waals surface area contributed by atoms with E-state index in [1.54, 1.807) is 0 Å². The summed E-state index contributed by atoms with van der Waals surface area (Å²) < 4.78 is 12.7. The Balaban J connectivity index is 1.63. The number of carbonyl (C=O) groups is 1. The summed E-state index contributed by atoms with van der Waals surface area (Å²) in [4.78, 5) is 23.1. The molecule has 1 aliphatic heterocycles. The third-order valence-electron chi connectivity index (χ3n) is 4.38. The molecule has 0 atom stereocenters. The van der Waals surface area contributed by atoms with Crippen LogP contribution in [-0.4, -0.2) is 32.4 Å². The largest absolute Gasteiger partial charge is 0.467 e. The van der Waals surface area contributed by atoms with Crippen molar-refractivity contribution >= 4 is 34.7 Å². The molecule has 10 nitrogen and oxygen atoms in total. The summed E-state index contributed by atoms with van der Waals surface area (Å²) in [5.74, 6) is 1.21. The number of hydrogen-bond donors (Lipinski definition) is 1. The van der Waals surface area contributed by atoms with Crippen LogP contribution in [0.5, 0.6) is 5.75 Å². The average molecular weight is 447 g/mol. The number of rotatable bonds is 8. The van der Waals surface area contributed by atoms with Crippen molar-refractivity contribution in [2.75, 3.05) is 6.79 Å². The van der Waals surface area contributed by atoms with Crippen molar-refractivity contribution < 1.29 is 19.2 Å². The Hall–Kier alpha value is -2.96. The lowest BCUT2D eigenvalue weighted by Gasteiger charge is -2.20. The highest BCUT2D eigenvalue weighted by Gasteiger charge is 2.22. The molecule has 30 heavy (non-hydrogen) atoms. The summed E-state index contributed by atoms with van der Waals surface area (Å²) in [6.45, 7) is 0.696. The van der Waals surface area contributed by atoms with E-state index >= 15 is 0 Å². The molecule has 2 N–H and O–H groups in total. The number of thioether (sulfide) groups is 1. The Morgan fingerprint density at radius 2 is 2.27 bits per heavy atom. The van der Waals surface area contributed by atoms with Gasteiger partial charge < -0.3 is 19.8 Å². The highest BCUT2D eigenvalue weighted by atomic mass is 32.2. The van der Waals surface area contributed by atoms with Gasteiger partial charge in [0.05, 0.1) is 16.4 Å². The second kappa shape index (κ2) is 8.81. The smallest absolute Gasteiger partial charge is 0.270 e. The van der Waals surface area contributed by atoms with Crippen molar-refractivity contribution in [3.63, 3.8) is 0 Å². The van der Waals surface area contributed by atoms with E-state index in [4.69, 9.17) is 15.2 Å². The summed E-state index contributed by atoms with van der Waals surface area (Å²) in [7, 11) is 0. The molecule has 3 aromatic rings. The fourth-order valence-corrected chi connectivity index (χ4v) is 4.69. The van der Waals surface area contributed by atoms with E-state index in [1.165, 1.54) is 35.2 Å². The van der Waals surface area contributed by atoms with Gasteiger partial charge in [0.25, 0.3) is 5.69 Å². The monoisotopic (exact) mass is 447 g/mol. The van der Waals surface area contributed by atoms with Gasteiger partial charge in [-0.2, -0.15) is 0 Å². The molecule has 1 amide bonds. The number of ether oxygens (including phenoxy) is 2. The van der Waals surface area contributed by atoms with Gasteiger partial charge in [0.15, 0.2) is 17.8 Å². The van der Waals surface area contributed by atoms with Gasteiger partial charge in [-0.15, -0.1) is 21.5 Å². The fourth-order valence-electron chi connectivity index (χ4n) is 3.04. The van der Waals surface area contributed by atoms with E-state index in [0.29, 0.717) is 40.2 Å². The van der Waals surface area contributed by atoms with Crippen molar-refractivity contribution in [1.82, 2.24) is 14.8 Å². The number of aromatic nitrogens is 3. The molecule has 0 aliphatic carbocycles. The molecule has 0 fully saturated rings. The van der Waals surface area contributed by atoms with E-state index in [2.05, 4.69) is 10.2 Å². The first-order valence-corrected chi connectivity index (χ1v) is 10.8. The SMILES string of the molecule is NC(=O)CCn1c(SCc2cc([N+](=O)[O-])cc3c2OCOC3)nnc1-c1cccs1. The lowest BCUT2D eigenvalue weighted by Crippen LogP contribution is -2.15. The van der Waals surface area contributed by atoms with Gasteiger partial charge in [0, 0.05) is 42.0 Å². The van der Waals surface area contributed by atoms with Crippen LogP contribution in [0.15, 0.2) is 34.8 Å². The number of nitro groups is 1. The second-order valence-electron chi connectivity index (χ2n) is 6.40. The predicted molar refractivity (Wildman–Crippen MR) is 110 cm³/mol. The zero-order valence-electron chi connectivity index (χ0n) is 15.6. The molecule has 0 spiro atoms. The number of carbonyl (C=O) groups excluding carboxylic acids is 1. The van der Waals surface area contributed by atoms with Gasteiger partial charge in [-0.05, 0) is 11.4 Å². The summed E-state index contributed by atoms with van der Waals surface area (Å²) >= 11 is 2.88. The van der Waals surface area contributed by atoms with Crippen LogP contribution in [0.1, 0.15) is 17.5 Å². The number of fused-ring (bicyclic) bond motifs is 1. The van der Waals surface area contributed by atoms with Crippen LogP contribution in [0.25, 0.3) is 10.7 Å². The molecule has 4 rings (SSSR count). The first-order chi connectivity index (χ1) is 14.5. The lowest BCUT2D eigenvalue weighted by atomic mass is 10.1. The predicted octanol–water partition coefficient (Wildman–Crippen LogP) is 2.95. The molecule has 12 heteroatoms. The van der Waals surface area contributed by atoms with Crippen LogP contribution in [-0.2, 0) is 28.4 Å². The van der Waals surface area contributed by atoms with Crippen molar-refractivity contribution in [3.05, 3.63) is 50.9 Å². The number of hydrogen-bond acceptors (Lipinski definition) is 9. The van der Waals surface area contributed by atoms with Crippen LogP contribution in [0.4, 0.5) is 5.69 Å². The molecule has 0 unspecified atom stereocenters. The second-order valence-corrected chi connectivity index (χ2v) is 8.29. The van der Waals surface area contributed by atoms with Gasteiger partial charge >= 0.3 is 0 Å². The summed E-state index contributed by atoms with van der Waals surface area (Å²) in [6.07, 6.45) is 0.149. The molecular weight excluding hydrogens is 430 g/mol. The molecule has 2 aromatic heterocycles. The first kappa shape index (κ1) is 20.3. The van der Waals surface area contributed by atoms with E-state index in [1.807, 2.05) is 22.1 Å². The number of amides is 1. The highest BCUT2D eigenvalue weighted by molar-refractivity contribution is 7.98. The van der Waals surface area contributed by atoms with Crippen LogP contribution >= 0.6 is 23.1 Å². The first-order valence-electron chi connectivity index (χ1n) is 8.92. The zero-order chi connectivity index (χ0) is 21.1. The molecule has 3 heterocycles. The Morgan fingerprint density at radius 3 is 3.00 bits per heavy atom. The zero-order valence-corrected chi connectivity index (χ0v) is 17.3. The Bertz CT molecular complexity index is 1080. The van der Waals surface area contributed by atoms with Crippen LogP contribution in [0, 0.1) is 10.1 Å². The molecular formula is C18H17N5O5S2. The maximum Gasteiger partial charge on any atom is 0.270 e. The normalized spacial score (nSPS) is 12.9. The Kier molecular flexibility index (Phi) is 5.97. The molecule has 1 aliphatic rings. The molecule has 156 valence electrons. The minimum atomic E-state index is -0.437. The van der Waals surface area contributed by atoms with Gasteiger partial charge in [-0.1, -0.05) is 17.8 Å². The number of primary amides is 1. The average Bonchev–Trinajstić information content (AvgIpc) is 3.39. The Labute approximate surface area is 179 Å². The summed E-state index contributed by atoms with van der Waals surface area (Å²) in [5, 5.41) is 22.4. The van der Waals surface area contributed by atoms with Crippen LogP contribution < -0.4 is 10.5 Å². The molecule has 0 radical (unpaired) electrons.